The molecule has 9 rings (SSSR count). The van der Waals surface area contributed by atoms with Crippen molar-refractivity contribution in [1.82, 2.24) is 0 Å². The molecule has 0 saturated heterocycles. The van der Waals surface area contributed by atoms with Gasteiger partial charge in [-0.05, 0) is 141 Å². The van der Waals surface area contributed by atoms with Crippen LogP contribution < -0.4 is 8.92 Å². The van der Waals surface area contributed by atoms with E-state index < -0.39 is 21.1 Å². The van der Waals surface area contributed by atoms with Crippen LogP contribution in [0.4, 0.5) is 0 Å². The van der Waals surface area contributed by atoms with Crippen LogP contribution in [0.1, 0.15) is 72.8 Å². The SMILES string of the molecule is Cc1ccc(S(=O)(=O)Oc2ccc3c(C#CC4(O)CCC5C6CCc7cc(O)ccc7C6CCC54C)c(-c4ccc(OCc5ccccc5)cc4)oc3c2)cc1. The van der Waals surface area contributed by atoms with Crippen molar-refractivity contribution in [3.05, 3.63) is 143 Å². The predicted molar refractivity (Wildman–Crippen MR) is 216 cm³/mol. The van der Waals surface area contributed by atoms with Gasteiger partial charge >= 0.3 is 10.1 Å². The van der Waals surface area contributed by atoms with Crippen LogP contribution in [0.2, 0.25) is 0 Å². The first kappa shape index (κ1) is 36.2. The number of fused-ring (bicyclic) bond motifs is 6. The quantitative estimate of drug-likeness (QED) is 0.123. The number of phenolic OH excluding ortho intramolecular Hbond substituents is 1. The van der Waals surface area contributed by atoms with Gasteiger partial charge in [-0.1, -0.05) is 72.9 Å². The van der Waals surface area contributed by atoms with E-state index in [0.717, 1.165) is 48.8 Å². The summed E-state index contributed by atoms with van der Waals surface area (Å²) in [5.41, 5.74) is 4.81. The molecule has 3 aliphatic rings. The molecule has 284 valence electrons. The average Bonchev–Trinajstić information content (AvgIpc) is 3.70. The number of aliphatic hydroxyl groups is 1. The Hall–Kier alpha value is -5.49. The van der Waals surface area contributed by atoms with Gasteiger partial charge in [-0.25, -0.2) is 0 Å². The van der Waals surface area contributed by atoms with E-state index in [2.05, 4.69) is 24.8 Å². The van der Waals surface area contributed by atoms with E-state index in [-0.39, 0.29) is 10.6 Å². The van der Waals surface area contributed by atoms with Gasteiger partial charge in [0, 0.05) is 22.4 Å². The van der Waals surface area contributed by atoms with Crippen molar-refractivity contribution in [3.8, 4) is 40.4 Å². The van der Waals surface area contributed by atoms with Crippen LogP contribution >= 0.6 is 0 Å². The fourth-order valence-electron chi connectivity index (χ4n) is 9.74. The Labute approximate surface area is 328 Å². The summed E-state index contributed by atoms with van der Waals surface area (Å²) in [7, 11) is -4.09. The summed E-state index contributed by atoms with van der Waals surface area (Å²) in [5.74, 6) is 9.68. The number of rotatable bonds is 7. The average molecular weight is 765 g/mol. The van der Waals surface area contributed by atoms with Gasteiger partial charge in [0.15, 0.2) is 5.76 Å². The highest BCUT2D eigenvalue weighted by Crippen LogP contribution is 2.64. The van der Waals surface area contributed by atoms with Crippen molar-refractivity contribution in [1.29, 1.82) is 0 Å². The van der Waals surface area contributed by atoms with Crippen molar-refractivity contribution in [2.75, 3.05) is 0 Å². The molecule has 5 unspecified atom stereocenters. The Balaban J connectivity index is 1.05. The molecule has 8 heteroatoms. The minimum Gasteiger partial charge on any atom is -0.508 e. The molecule has 1 aromatic heterocycles. The van der Waals surface area contributed by atoms with Crippen LogP contribution in [-0.2, 0) is 23.1 Å². The van der Waals surface area contributed by atoms with E-state index in [1.54, 1.807) is 30.3 Å². The lowest BCUT2D eigenvalue weighted by molar-refractivity contribution is -0.0647. The van der Waals surface area contributed by atoms with E-state index in [1.807, 2.05) is 73.7 Å². The standard InChI is InChI=1S/C48H44O7S/c1-31-8-17-38(18-9-31)56(51,52)55-37-16-21-42-43(46(54-45(42)29-37)33-10-14-36(15-11-33)53-30-32-6-4-3-5-7-32)23-26-48(50)27-24-44-41-19-12-34-28-35(49)13-20-39(34)40(41)22-25-47(44,48)2/h3-11,13-18,20-21,28-29,40-41,44,49-50H,12,19,22,24-25,27,30H2,1-2H3. The molecule has 0 amide bonds. The maximum Gasteiger partial charge on any atom is 0.339 e. The summed E-state index contributed by atoms with van der Waals surface area (Å²) in [6.07, 6.45) is 5.27. The van der Waals surface area contributed by atoms with Gasteiger partial charge in [-0.2, -0.15) is 8.42 Å². The highest BCUT2D eigenvalue weighted by atomic mass is 32.2. The molecule has 3 aliphatic carbocycles. The third-order valence-corrected chi connectivity index (χ3v) is 14.1. The molecule has 0 aliphatic heterocycles. The lowest BCUT2D eigenvalue weighted by Gasteiger charge is -2.52. The van der Waals surface area contributed by atoms with E-state index in [0.29, 0.717) is 64.6 Å². The van der Waals surface area contributed by atoms with Gasteiger partial charge in [0.2, 0.25) is 0 Å². The summed E-state index contributed by atoms with van der Waals surface area (Å²) in [5, 5.41) is 23.4. The molecule has 2 fully saturated rings. The fraction of sp³-hybridized carbons (Fsp3) is 0.292. The number of aromatic hydroxyl groups is 1. The smallest absolute Gasteiger partial charge is 0.339 e. The molecule has 56 heavy (non-hydrogen) atoms. The van der Waals surface area contributed by atoms with Crippen LogP contribution in [0, 0.1) is 36.0 Å². The van der Waals surface area contributed by atoms with Crippen molar-refractivity contribution >= 4 is 21.1 Å². The second-order valence-corrected chi connectivity index (χ2v) is 17.6. The maximum absolute atomic E-state index is 13.2. The highest BCUT2D eigenvalue weighted by Gasteiger charge is 2.61. The Morgan fingerprint density at radius 1 is 0.857 bits per heavy atom. The molecule has 0 bridgehead atoms. The number of hydrogen-bond acceptors (Lipinski definition) is 7. The predicted octanol–water partition coefficient (Wildman–Crippen LogP) is 10.1. The first-order valence-corrected chi connectivity index (χ1v) is 20.8. The van der Waals surface area contributed by atoms with Crippen LogP contribution in [0.3, 0.4) is 0 Å². The van der Waals surface area contributed by atoms with Gasteiger partial charge < -0.3 is 23.6 Å². The summed E-state index contributed by atoms with van der Waals surface area (Å²) < 4.78 is 44.5. The molecule has 1 heterocycles. The van der Waals surface area contributed by atoms with Crippen molar-refractivity contribution in [3.63, 3.8) is 0 Å². The van der Waals surface area contributed by atoms with Gasteiger partial charge in [0.05, 0.1) is 5.56 Å². The Morgan fingerprint density at radius 2 is 1.62 bits per heavy atom. The number of hydrogen-bond donors (Lipinski definition) is 2. The zero-order valence-corrected chi connectivity index (χ0v) is 32.3. The molecular weight excluding hydrogens is 721 g/mol. The first-order valence-electron chi connectivity index (χ1n) is 19.4. The monoisotopic (exact) mass is 764 g/mol. The third-order valence-electron chi connectivity index (χ3n) is 12.8. The summed E-state index contributed by atoms with van der Waals surface area (Å²) in [6.45, 7) is 4.55. The minimum absolute atomic E-state index is 0.0619. The van der Waals surface area contributed by atoms with Gasteiger partial charge in [0.25, 0.3) is 0 Å². The largest absolute Gasteiger partial charge is 0.508 e. The lowest BCUT2D eigenvalue weighted by atomic mass is 9.53. The molecule has 5 atom stereocenters. The van der Waals surface area contributed by atoms with Crippen molar-refractivity contribution in [2.45, 2.75) is 75.4 Å². The molecule has 6 aromatic rings. The third kappa shape index (κ3) is 6.43. The lowest BCUT2D eigenvalue weighted by Crippen LogP contribution is -2.50. The van der Waals surface area contributed by atoms with E-state index in [9.17, 15) is 18.6 Å². The zero-order chi connectivity index (χ0) is 38.7. The molecular formula is C48H44O7S. The van der Waals surface area contributed by atoms with Crippen LogP contribution in [-0.4, -0.2) is 24.2 Å². The second-order valence-electron chi connectivity index (χ2n) is 16.0. The second kappa shape index (κ2) is 13.9. The highest BCUT2D eigenvalue weighted by molar-refractivity contribution is 7.87. The van der Waals surface area contributed by atoms with Crippen LogP contribution in [0.5, 0.6) is 17.2 Å². The first-order chi connectivity index (χ1) is 27.0. The molecule has 0 radical (unpaired) electrons. The summed E-state index contributed by atoms with van der Waals surface area (Å²) in [4.78, 5) is 0.0619. The maximum atomic E-state index is 13.2. The number of benzene rings is 5. The van der Waals surface area contributed by atoms with Crippen molar-refractivity contribution < 1.29 is 32.0 Å². The van der Waals surface area contributed by atoms with Gasteiger partial charge in [-0.3, -0.25) is 0 Å². The van der Waals surface area contributed by atoms with E-state index in [1.165, 1.54) is 23.3 Å². The van der Waals surface area contributed by atoms with Gasteiger partial charge in [-0.15, -0.1) is 0 Å². The molecule has 0 spiro atoms. The van der Waals surface area contributed by atoms with Crippen LogP contribution in [0.25, 0.3) is 22.3 Å². The Bertz CT molecular complexity index is 2600. The van der Waals surface area contributed by atoms with E-state index >= 15 is 0 Å². The number of phenols is 1. The molecule has 2 saturated carbocycles. The zero-order valence-electron chi connectivity index (χ0n) is 31.5. The minimum atomic E-state index is -4.09. The van der Waals surface area contributed by atoms with Crippen LogP contribution in [0.15, 0.2) is 125 Å². The Kier molecular flexibility index (Phi) is 8.99. The van der Waals surface area contributed by atoms with E-state index in [4.69, 9.17) is 13.3 Å². The summed E-state index contributed by atoms with van der Waals surface area (Å²) >= 11 is 0. The molecule has 7 nitrogen and oxygen atoms in total. The van der Waals surface area contributed by atoms with Crippen molar-refractivity contribution in [2.24, 2.45) is 17.3 Å². The Morgan fingerprint density at radius 3 is 2.41 bits per heavy atom. The summed E-state index contributed by atoms with van der Waals surface area (Å²) in [6, 6.07) is 34.9. The fourth-order valence-corrected chi connectivity index (χ4v) is 10.7. The normalized spacial score (nSPS) is 24.0. The number of furan rings is 1. The number of aryl methyl sites for hydroxylation is 2. The topological polar surface area (TPSA) is 106 Å². The van der Waals surface area contributed by atoms with Gasteiger partial charge in [0.1, 0.15) is 39.9 Å². The number of ether oxygens (including phenoxy) is 1. The molecule has 5 aromatic carbocycles. The molecule has 2 N–H and O–H groups in total.